The Labute approximate surface area is 149 Å². The summed E-state index contributed by atoms with van der Waals surface area (Å²) in [4.78, 5) is 4.52. The minimum Gasteiger partial charge on any atom is -0.246 e. The number of benzene rings is 2. The van der Waals surface area contributed by atoms with Crippen LogP contribution in [0.15, 0.2) is 78.1 Å². The van der Waals surface area contributed by atoms with E-state index in [1.165, 1.54) is 0 Å². The summed E-state index contributed by atoms with van der Waals surface area (Å²) in [6, 6.07) is 20.1. The van der Waals surface area contributed by atoms with Crippen molar-refractivity contribution in [2.24, 2.45) is 0 Å². The normalized spacial score (nSPS) is 11.0. The molecule has 0 aliphatic carbocycles. The van der Waals surface area contributed by atoms with Crippen LogP contribution in [0.1, 0.15) is 5.56 Å². The van der Waals surface area contributed by atoms with Crippen molar-refractivity contribution in [3.05, 3.63) is 83.6 Å². The van der Waals surface area contributed by atoms with Crippen LogP contribution in [-0.4, -0.2) is 14.6 Å². The van der Waals surface area contributed by atoms with Crippen molar-refractivity contribution >= 4 is 28.9 Å². The summed E-state index contributed by atoms with van der Waals surface area (Å²) in [6.45, 7) is 0. The zero-order valence-corrected chi connectivity index (χ0v) is 14.3. The second-order valence-electron chi connectivity index (χ2n) is 5.34. The number of fused-ring (bicyclic) bond motifs is 1. The van der Waals surface area contributed by atoms with E-state index in [1.807, 2.05) is 53.2 Å². The van der Waals surface area contributed by atoms with Gasteiger partial charge in [0, 0.05) is 28.7 Å². The average Bonchev–Trinajstić information content (AvgIpc) is 3.07. The van der Waals surface area contributed by atoms with Crippen molar-refractivity contribution in [3.8, 4) is 11.3 Å². The maximum atomic E-state index is 6.24. The highest BCUT2D eigenvalue weighted by molar-refractivity contribution is 7.98. The van der Waals surface area contributed by atoms with Gasteiger partial charge in [-0.25, -0.2) is 9.50 Å². The quantitative estimate of drug-likeness (QED) is 0.465. The van der Waals surface area contributed by atoms with E-state index >= 15 is 0 Å². The molecule has 0 spiro atoms. The number of hydrogen-bond acceptors (Lipinski definition) is 3. The van der Waals surface area contributed by atoms with Gasteiger partial charge in [-0.1, -0.05) is 71.9 Å². The highest BCUT2D eigenvalue weighted by atomic mass is 35.5. The van der Waals surface area contributed by atoms with E-state index in [2.05, 4.69) is 28.3 Å². The molecule has 2 aromatic carbocycles. The fourth-order valence-electron chi connectivity index (χ4n) is 2.52. The predicted octanol–water partition coefficient (Wildman–Crippen LogP) is 5.34. The van der Waals surface area contributed by atoms with Crippen molar-refractivity contribution in [2.45, 2.75) is 10.8 Å². The topological polar surface area (TPSA) is 30.2 Å². The van der Waals surface area contributed by atoms with Gasteiger partial charge in [0.1, 0.15) is 5.03 Å². The zero-order valence-electron chi connectivity index (χ0n) is 12.8. The van der Waals surface area contributed by atoms with E-state index in [4.69, 9.17) is 11.6 Å². The molecule has 2 heterocycles. The molecule has 3 nitrogen and oxygen atoms in total. The molecule has 4 aromatic rings. The van der Waals surface area contributed by atoms with Crippen molar-refractivity contribution in [3.63, 3.8) is 0 Å². The molecule has 0 saturated heterocycles. The standard InChI is InChI=1S/C19H14ClN3S/c20-16-9-5-4-8-15(16)13-24-19-18-12-17(14-6-2-1-3-7-14)22-23(18)11-10-21-19/h1-12H,13H2. The van der Waals surface area contributed by atoms with E-state index in [9.17, 15) is 0 Å². The second-order valence-corrected chi connectivity index (χ2v) is 6.71. The van der Waals surface area contributed by atoms with Gasteiger partial charge in [0.05, 0.1) is 11.2 Å². The molecule has 0 saturated carbocycles. The molecule has 118 valence electrons. The van der Waals surface area contributed by atoms with E-state index in [0.717, 1.165) is 38.1 Å². The Morgan fingerprint density at radius 3 is 2.62 bits per heavy atom. The predicted molar refractivity (Wildman–Crippen MR) is 99.4 cm³/mol. The summed E-state index contributed by atoms with van der Waals surface area (Å²) in [5, 5.41) is 6.39. The number of halogens is 1. The van der Waals surface area contributed by atoms with Gasteiger partial charge in [-0.3, -0.25) is 0 Å². The maximum absolute atomic E-state index is 6.24. The maximum Gasteiger partial charge on any atom is 0.122 e. The van der Waals surface area contributed by atoms with E-state index in [-0.39, 0.29) is 0 Å². The van der Waals surface area contributed by atoms with Gasteiger partial charge in [0.25, 0.3) is 0 Å². The number of hydrogen-bond donors (Lipinski definition) is 0. The Morgan fingerprint density at radius 2 is 1.79 bits per heavy atom. The van der Waals surface area contributed by atoms with E-state index in [1.54, 1.807) is 18.0 Å². The molecule has 0 aliphatic rings. The first-order valence-electron chi connectivity index (χ1n) is 7.57. The van der Waals surface area contributed by atoms with E-state index < -0.39 is 0 Å². The lowest BCUT2D eigenvalue weighted by Gasteiger charge is -2.04. The second kappa shape index (κ2) is 6.67. The Balaban J connectivity index is 1.66. The van der Waals surface area contributed by atoms with Gasteiger partial charge in [-0.15, -0.1) is 0 Å². The van der Waals surface area contributed by atoms with Gasteiger partial charge >= 0.3 is 0 Å². The molecular weight excluding hydrogens is 338 g/mol. The Morgan fingerprint density at radius 1 is 1.00 bits per heavy atom. The molecule has 4 rings (SSSR count). The third-order valence-corrected chi connectivity index (χ3v) is 5.16. The van der Waals surface area contributed by atoms with Crippen molar-refractivity contribution < 1.29 is 0 Å². The minimum atomic E-state index is 0.776. The molecular formula is C19H14ClN3S. The van der Waals surface area contributed by atoms with Crippen LogP contribution >= 0.6 is 23.4 Å². The first-order chi connectivity index (χ1) is 11.8. The smallest absolute Gasteiger partial charge is 0.122 e. The highest BCUT2D eigenvalue weighted by Crippen LogP contribution is 2.29. The van der Waals surface area contributed by atoms with Crippen molar-refractivity contribution in [2.75, 3.05) is 0 Å². The SMILES string of the molecule is Clc1ccccc1CSc1nccn2nc(-c3ccccc3)cc12. The fraction of sp³-hybridized carbons (Fsp3) is 0.0526. The Kier molecular flexibility index (Phi) is 4.24. The lowest BCUT2D eigenvalue weighted by Crippen LogP contribution is -1.91. The lowest BCUT2D eigenvalue weighted by atomic mass is 10.1. The monoisotopic (exact) mass is 351 g/mol. The van der Waals surface area contributed by atoms with Gasteiger partial charge < -0.3 is 0 Å². The summed E-state index contributed by atoms with van der Waals surface area (Å²) < 4.78 is 1.88. The van der Waals surface area contributed by atoms with Crippen LogP contribution in [0.4, 0.5) is 0 Å². The summed E-state index contributed by atoms with van der Waals surface area (Å²) >= 11 is 7.91. The molecule has 2 aromatic heterocycles. The summed E-state index contributed by atoms with van der Waals surface area (Å²) in [6.07, 6.45) is 3.66. The summed E-state index contributed by atoms with van der Waals surface area (Å²) in [5.41, 5.74) is 4.16. The number of nitrogens with zero attached hydrogens (tertiary/aromatic N) is 3. The Bertz CT molecular complexity index is 982. The van der Waals surface area contributed by atoms with Gasteiger partial charge in [0.15, 0.2) is 0 Å². The minimum absolute atomic E-state index is 0.776. The highest BCUT2D eigenvalue weighted by Gasteiger charge is 2.10. The molecule has 0 amide bonds. The molecule has 0 unspecified atom stereocenters. The molecule has 0 fully saturated rings. The number of aromatic nitrogens is 3. The lowest BCUT2D eigenvalue weighted by molar-refractivity contribution is 0.920. The van der Waals surface area contributed by atoms with Crippen molar-refractivity contribution in [1.82, 2.24) is 14.6 Å². The van der Waals surface area contributed by atoms with Crippen molar-refractivity contribution in [1.29, 1.82) is 0 Å². The summed E-state index contributed by atoms with van der Waals surface area (Å²) in [7, 11) is 0. The molecule has 0 bridgehead atoms. The molecule has 5 heteroatoms. The zero-order chi connectivity index (χ0) is 16.4. The summed E-state index contributed by atoms with van der Waals surface area (Å²) in [5.74, 6) is 0.776. The van der Waals surface area contributed by atoms with Crippen LogP contribution in [0.3, 0.4) is 0 Å². The molecule has 0 N–H and O–H groups in total. The Hall–Kier alpha value is -2.30. The fourth-order valence-corrected chi connectivity index (χ4v) is 3.78. The third-order valence-electron chi connectivity index (χ3n) is 3.75. The van der Waals surface area contributed by atoms with Crippen LogP contribution < -0.4 is 0 Å². The number of thioether (sulfide) groups is 1. The molecule has 0 aliphatic heterocycles. The first-order valence-corrected chi connectivity index (χ1v) is 8.93. The molecule has 0 radical (unpaired) electrons. The molecule has 0 atom stereocenters. The van der Waals surface area contributed by atoms with Gasteiger partial charge in [0.2, 0.25) is 0 Å². The van der Waals surface area contributed by atoms with Gasteiger partial charge in [-0.2, -0.15) is 5.10 Å². The average molecular weight is 352 g/mol. The van der Waals surface area contributed by atoms with Crippen LogP contribution in [0.25, 0.3) is 16.8 Å². The van der Waals surface area contributed by atoms with Crippen LogP contribution in [0, 0.1) is 0 Å². The number of rotatable bonds is 4. The van der Waals surface area contributed by atoms with Crippen LogP contribution in [0.5, 0.6) is 0 Å². The van der Waals surface area contributed by atoms with Crippen LogP contribution in [0.2, 0.25) is 5.02 Å². The first kappa shape index (κ1) is 15.2. The molecule has 24 heavy (non-hydrogen) atoms. The van der Waals surface area contributed by atoms with E-state index in [0.29, 0.717) is 0 Å². The largest absolute Gasteiger partial charge is 0.246 e. The van der Waals surface area contributed by atoms with Gasteiger partial charge in [-0.05, 0) is 17.7 Å². The van der Waals surface area contributed by atoms with Crippen LogP contribution in [-0.2, 0) is 5.75 Å². The third kappa shape index (κ3) is 3.03.